The zero-order valence-electron chi connectivity index (χ0n) is 18.6. The normalized spacial score (nSPS) is 14.0. The molecule has 0 bridgehead atoms. The van der Waals surface area contributed by atoms with Crippen LogP contribution in [0, 0.1) is 0 Å². The predicted molar refractivity (Wildman–Crippen MR) is 130 cm³/mol. The Balaban J connectivity index is 1.61. The van der Waals surface area contributed by atoms with Crippen LogP contribution in [0.4, 0.5) is 11.5 Å². The minimum absolute atomic E-state index is 0.0682. The predicted octanol–water partition coefficient (Wildman–Crippen LogP) is 5.33. The second-order valence-electron chi connectivity index (χ2n) is 8.05. The summed E-state index contributed by atoms with van der Waals surface area (Å²) in [5.74, 6) is 1.13. The molecule has 1 aliphatic rings. The van der Waals surface area contributed by atoms with Crippen molar-refractivity contribution >= 4 is 22.5 Å². The maximum absolute atomic E-state index is 13.0. The van der Waals surface area contributed by atoms with Crippen molar-refractivity contribution in [2.24, 2.45) is 0 Å². The average molecular weight is 465 g/mol. The van der Waals surface area contributed by atoms with Crippen LogP contribution < -0.4 is 20.4 Å². The molecule has 0 saturated heterocycles. The molecular weight excluding hydrogens is 446 g/mol. The van der Waals surface area contributed by atoms with Crippen LogP contribution in [0.15, 0.2) is 88.3 Å². The number of fused-ring (bicyclic) bond motifs is 4. The molecule has 2 N–H and O–H groups in total. The molecule has 3 heterocycles. The van der Waals surface area contributed by atoms with Crippen molar-refractivity contribution in [2.75, 3.05) is 12.4 Å². The van der Waals surface area contributed by atoms with Crippen LogP contribution in [0.5, 0.6) is 23.1 Å². The number of rotatable bonds is 4. The largest absolute Gasteiger partial charge is 0.508 e. The highest BCUT2D eigenvalue weighted by atomic mass is 16.5. The molecule has 3 aromatic carbocycles. The van der Waals surface area contributed by atoms with E-state index >= 15 is 0 Å². The first kappa shape index (κ1) is 20.7. The van der Waals surface area contributed by atoms with E-state index in [9.17, 15) is 9.90 Å². The van der Waals surface area contributed by atoms with Crippen molar-refractivity contribution in [3.05, 3.63) is 106 Å². The van der Waals surface area contributed by atoms with Crippen LogP contribution in [-0.2, 0) is 0 Å². The fraction of sp³-hybridized carbons (Fsp3) is 0.0741. The molecule has 0 saturated carbocycles. The molecule has 1 unspecified atom stereocenters. The van der Waals surface area contributed by atoms with Crippen molar-refractivity contribution in [3.63, 3.8) is 0 Å². The number of nitrogens with one attached hydrogen (secondary N) is 1. The summed E-state index contributed by atoms with van der Waals surface area (Å²) in [4.78, 5) is 21.8. The van der Waals surface area contributed by atoms with Crippen molar-refractivity contribution in [2.45, 2.75) is 5.92 Å². The molecule has 2 aromatic heterocycles. The number of methoxy groups -OCH3 is 1. The van der Waals surface area contributed by atoms with Gasteiger partial charge < -0.3 is 24.3 Å². The number of hydrogen-bond acceptors (Lipinski definition) is 8. The number of phenolic OH excluding ortho intramolecular Hbond substituents is 1. The molecule has 8 nitrogen and oxygen atoms in total. The van der Waals surface area contributed by atoms with E-state index in [1.165, 1.54) is 6.33 Å². The molecule has 0 amide bonds. The Morgan fingerprint density at radius 1 is 0.971 bits per heavy atom. The van der Waals surface area contributed by atoms with Gasteiger partial charge in [-0.15, -0.1) is 0 Å². The van der Waals surface area contributed by atoms with Gasteiger partial charge in [0.25, 0.3) is 0 Å². The quantitative estimate of drug-likeness (QED) is 0.337. The van der Waals surface area contributed by atoms with Gasteiger partial charge in [0.05, 0.1) is 12.7 Å². The SMILES string of the molecule is COc1ccc(Nc2ncnc3c2C(c2cccc(O)c2)c2c(c(=O)oc4ccccc24)O3)cc1. The maximum Gasteiger partial charge on any atom is 0.380 e. The smallest absolute Gasteiger partial charge is 0.380 e. The summed E-state index contributed by atoms with van der Waals surface area (Å²) in [6.07, 6.45) is 1.37. The lowest BCUT2D eigenvalue weighted by atomic mass is 9.82. The molecule has 0 spiro atoms. The Bertz CT molecular complexity index is 1630. The molecule has 5 aromatic rings. The van der Waals surface area contributed by atoms with Gasteiger partial charge in [-0.25, -0.2) is 14.8 Å². The maximum atomic E-state index is 13.0. The third-order valence-corrected chi connectivity index (χ3v) is 5.99. The van der Waals surface area contributed by atoms with Gasteiger partial charge in [0.1, 0.15) is 29.2 Å². The lowest BCUT2D eigenvalue weighted by molar-refractivity contribution is 0.399. The number of nitrogens with zero attached hydrogens (tertiary/aromatic N) is 2. The lowest BCUT2D eigenvalue weighted by Crippen LogP contribution is -2.20. The van der Waals surface area contributed by atoms with Crippen molar-refractivity contribution in [1.82, 2.24) is 9.97 Å². The van der Waals surface area contributed by atoms with Gasteiger partial charge in [-0.2, -0.15) is 0 Å². The van der Waals surface area contributed by atoms with Crippen LogP contribution in [-0.4, -0.2) is 22.2 Å². The van der Waals surface area contributed by atoms with Gasteiger partial charge in [-0.3, -0.25) is 0 Å². The molecule has 35 heavy (non-hydrogen) atoms. The van der Waals surface area contributed by atoms with Crippen LogP contribution in [0.2, 0.25) is 0 Å². The van der Waals surface area contributed by atoms with E-state index in [2.05, 4.69) is 15.3 Å². The number of benzene rings is 3. The zero-order valence-corrected chi connectivity index (χ0v) is 18.6. The number of hydrogen-bond donors (Lipinski definition) is 2. The molecule has 6 rings (SSSR count). The number of para-hydroxylation sites is 1. The van der Waals surface area contributed by atoms with Gasteiger partial charge >= 0.3 is 5.63 Å². The summed E-state index contributed by atoms with van der Waals surface area (Å²) < 4.78 is 16.8. The Morgan fingerprint density at radius 3 is 2.60 bits per heavy atom. The van der Waals surface area contributed by atoms with Crippen LogP contribution in [0.1, 0.15) is 22.6 Å². The van der Waals surface area contributed by atoms with Gasteiger partial charge in [0.15, 0.2) is 0 Å². The van der Waals surface area contributed by atoms with Crippen molar-refractivity contribution < 1.29 is 19.0 Å². The fourth-order valence-electron chi connectivity index (χ4n) is 4.45. The van der Waals surface area contributed by atoms with E-state index in [1.807, 2.05) is 42.5 Å². The van der Waals surface area contributed by atoms with Crippen LogP contribution in [0.25, 0.3) is 11.0 Å². The van der Waals surface area contributed by atoms with Gasteiger partial charge in [0.2, 0.25) is 11.6 Å². The minimum Gasteiger partial charge on any atom is -0.508 e. The second kappa shape index (κ2) is 8.18. The molecular formula is C27H19N3O5. The van der Waals surface area contributed by atoms with Crippen LogP contribution >= 0.6 is 0 Å². The number of anilines is 2. The third-order valence-electron chi connectivity index (χ3n) is 5.99. The Hall–Kier alpha value is -4.85. The Labute approximate surface area is 199 Å². The molecule has 0 radical (unpaired) electrons. The first-order chi connectivity index (χ1) is 17.1. The monoisotopic (exact) mass is 465 g/mol. The summed E-state index contributed by atoms with van der Waals surface area (Å²) in [7, 11) is 1.61. The first-order valence-electron chi connectivity index (χ1n) is 10.9. The lowest BCUT2D eigenvalue weighted by Gasteiger charge is -2.29. The van der Waals surface area contributed by atoms with Crippen molar-refractivity contribution in [3.8, 4) is 23.1 Å². The van der Waals surface area contributed by atoms with E-state index in [0.29, 0.717) is 22.5 Å². The van der Waals surface area contributed by atoms with Crippen molar-refractivity contribution in [1.29, 1.82) is 0 Å². The standard InChI is InChI=1S/C27H19N3O5/c1-33-18-11-9-16(10-12-18)30-25-23-21(15-5-4-6-17(31)13-15)22-19-7-2-3-8-20(19)34-27(32)24(22)35-26(23)29-14-28-25/h2-14,21,31H,1H3,(H,28,29,30). The fourth-order valence-corrected chi connectivity index (χ4v) is 4.45. The van der Waals surface area contributed by atoms with E-state index < -0.39 is 11.5 Å². The highest BCUT2D eigenvalue weighted by molar-refractivity contribution is 5.86. The molecule has 0 aliphatic carbocycles. The minimum atomic E-state index is -0.599. The van der Waals surface area contributed by atoms with Gasteiger partial charge in [-0.1, -0.05) is 30.3 Å². The van der Waals surface area contributed by atoms with Crippen LogP contribution in [0.3, 0.4) is 0 Å². The van der Waals surface area contributed by atoms with E-state index in [1.54, 1.807) is 37.4 Å². The number of aromatic nitrogens is 2. The highest BCUT2D eigenvalue weighted by Gasteiger charge is 2.37. The summed E-state index contributed by atoms with van der Waals surface area (Å²) in [5.41, 5.74) is 2.64. The second-order valence-corrected chi connectivity index (χ2v) is 8.05. The number of ether oxygens (including phenoxy) is 2. The van der Waals surface area contributed by atoms with E-state index in [0.717, 1.165) is 22.4 Å². The zero-order chi connectivity index (χ0) is 23.9. The Kier molecular flexibility index (Phi) is 4.84. The summed E-state index contributed by atoms with van der Waals surface area (Å²) in [6, 6.07) is 21.6. The van der Waals surface area contributed by atoms with E-state index in [-0.39, 0.29) is 17.4 Å². The van der Waals surface area contributed by atoms with Gasteiger partial charge in [-0.05, 0) is 48.0 Å². The average Bonchev–Trinajstić information content (AvgIpc) is 2.88. The number of aromatic hydroxyl groups is 1. The highest BCUT2D eigenvalue weighted by Crippen LogP contribution is 2.50. The molecule has 1 atom stereocenters. The van der Waals surface area contributed by atoms with E-state index in [4.69, 9.17) is 13.9 Å². The van der Waals surface area contributed by atoms with Gasteiger partial charge in [0, 0.05) is 22.6 Å². The summed E-state index contributed by atoms with van der Waals surface area (Å²) >= 11 is 0. The number of phenols is 1. The molecule has 1 aliphatic heterocycles. The Morgan fingerprint density at radius 2 is 1.80 bits per heavy atom. The topological polar surface area (TPSA) is 107 Å². The molecule has 172 valence electrons. The molecule has 8 heteroatoms. The third kappa shape index (κ3) is 3.52. The summed E-state index contributed by atoms with van der Waals surface area (Å²) in [6.45, 7) is 0. The first-order valence-corrected chi connectivity index (χ1v) is 10.9. The summed E-state index contributed by atoms with van der Waals surface area (Å²) in [5, 5.41) is 14.4. The molecule has 0 fully saturated rings.